The Morgan fingerprint density at radius 3 is 2.53 bits per heavy atom. The summed E-state index contributed by atoms with van der Waals surface area (Å²) >= 11 is 7.93. The summed E-state index contributed by atoms with van der Waals surface area (Å²) < 4.78 is 5.17. The lowest BCUT2D eigenvalue weighted by Gasteiger charge is -2.35. The fourth-order valence-electron chi connectivity index (χ4n) is 5.36. The molecule has 10 heteroatoms. The van der Waals surface area contributed by atoms with Crippen LogP contribution in [0.5, 0.6) is 0 Å². The SMILES string of the molecule is CCOC(=O)C1CCCN(C(=O)c2ccc(CSc3nc(Cl)cc(N4CCN(C/C=C/c5ccccc5)CC4)n3)cc2)C1. The molecule has 5 rings (SSSR count). The Labute approximate surface area is 263 Å². The highest BCUT2D eigenvalue weighted by Gasteiger charge is 2.29. The van der Waals surface area contributed by atoms with Gasteiger partial charge >= 0.3 is 5.97 Å². The van der Waals surface area contributed by atoms with Crippen molar-refractivity contribution in [2.24, 2.45) is 5.92 Å². The van der Waals surface area contributed by atoms with E-state index in [0.29, 0.717) is 41.3 Å². The van der Waals surface area contributed by atoms with Gasteiger partial charge in [-0.2, -0.15) is 0 Å². The monoisotopic (exact) mass is 619 g/mol. The highest BCUT2D eigenvalue weighted by Crippen LogP contribution is 2.26. The van der Waals surface area contributed by atoms with Crippen molar-refractivity contribution in [1.29, 1.82) is 0 Å². The molecule has 3 heterocycles. The van der Waals surface area contributed by atoms with Crippen LogP contribution in [0.3, 0.4) is 0 Å². The van der Waals surface area contributed by atoms with Gasteiger partial charge in [0.05, 0.1) is 12.5 Å². The normalized spacial score (nSPS) is 17.8. The van der Waals surface area contributed by atoms with Crippen molar-refractivity contribution in [1.82, 2.24) is 19.8 Å². The Morgan fingerprint density at radius 1 is 1.02 bits per heavy atom. The maximum absolute atomic E-state index is 13.1. The van der Waals surface area contributed by atoms with E-state index in [4.69, 9.17) is 21.3 Å². The van der Waals surface area contributed by atoms with Crippen LogP contribution < -0.4 is 4.90 Å². The number of rotatable bonds is 10. The molecule has 2 saturated heterocycles. The van der Waals surface area contributed by atoms with Crippen LogP contribution in [0.25, 0.3) is 6.08 Å². The summed E-state index contributed by atoms with van der Waals surface area (Å²) in [6.07, 6.45) is 5.95. The average Bonchev–Trinajstić information content (AvgIpc) is 3.04. The maximum atomic E-state index is 13.1. The van der Waals surface area contributed by atoms with Gasteiger partial charge in [0, 0.05) is 63.2 Å². The average molecular weight is 620 g/mol. The van der Waals surface area contributed by atoms with E-state index in [0.717, 1.165) is 56.9 Å². The van der Waals surface area contributed by atoms with E-state index in [9.17, 15) is 9.59 Å². The number of aromatic nitrogens is 2. The fourth-order valence-corrected chi connectivity index (χ4v) is 6.40. The summed E-state index contributed by atoms with van der Waals surface area (Å²) in [6, 6.07) is 19.8. The van der Waals surface area contributed by atoms with Crippen LogP contribution in [-0.2, 0) is 15.3 Å². The van der Waals surface area contributed by atoms with Gasteiger partial charge in [0.1, 0.15) is 11.0 Å². The third-order valence-electron chi connectivity index (χ3n) is 7.73. The van der Waals surface area contributed by atoms with Gasteiger partial charge in [-0.15, -0.1) is 0 Å². The van der Waals surface area contributed by atoms with E-state index in [-0.39, 0.29) is 17.8 Å². The first-order valence-electron chi connectivity index (χ1n) is 14.9. The summed E-state index contributed by atoms with van der Waals surface area (Å²) in [5.74, 6) is 0.994. The maximum Gasteiger partial charge on any atom is 0.310 e. The molecule has 1 atom stereocenters. The number of benzene rings is 2. The Balaban J connectivity index is 1.11. The Morgan fingerprint density at radius 2 is 1.79 bits per heavy atom. The first-order valence-corrected chi connectivity index (χ1v) is 16.3. The molecule has 0 radical (unpaired) electrons. The fraction of sp³-hybridized carbons (Fsp3) is 0.394. The van der Waals surface area contributed by atoms with Gasteiger partial charge < -0.3 is 14.5 Å². The number of ether oxygens (including phenoxy) is 1. The van der Waals surface area contributed by atoms with Gasteiger partial charge in [0.15, 0.2) is 5.16 Å². The minimum atomic E-state index is -0.248. The number of piperidine rings is 1. The first kappa shape index (κ1) is 31.0. The largest absolute Gasteiger partial charge is 0.466 e. The molecule has 0 N–H and O–H groups in total. The van der Waals surface area contributed by atoms with Crippen LogP contribution in [-0.4, -0.2) is 84.1 Å². The van der Waals surface area contributed by atoms with Crippen LogP contribution >= 0.6 is 23.4 Å². The third kappa shape index (κ3) is 8.81. The van der Waals surface area contributed by atoms with Gasteiger partial charge in [0.2, 0.25) is 0 Å². The second-order valence-corrected chi connectivity index (χ2v) is 12.1. The number of hydrogen-bond donors (Lipinski definition) is 0. The molecule has 0 bridgehead atoms. The van der Waals surface area contributed by atoms with Crippen LogP contribution in [0.4, 0.5) is 5.82 Å². The molecule has 43 heavy (non-hydrogen) atoms. The van der Waals surface area contributed by atoms with Gasteiger partial charge in [-0.05, 0) is 43.0 Å². The molecule has 0 spiro atoms. The Bertz CT molecular complexity index is 1400. The summed E-state index contributed by atoms with van der Waals surface area (Å²) in [5.41, 5.74) is 2.90. The molecule has 3 aromatic rings. The van der Waals surface area contributed by atoms with E-state index in [1.807, 2.05) is 36.4 Å². The van der Waals surface area contributed by atoms with E-state index in [1.54, 1.807) is 11.8 Å². The molecule has 2 aliphatic rings. The Hall–Kier alpha value is -3.40. The van der Waals surface area contributed by atoms with Crippen LogP contribution in [0.1, 0.15) is 41.3 Å². The Kier molecular flexibility index (Phi) is 11.1. The molecule has 1 aromatic heterocycles. The van der Waals surface area contributed by atoms with Crippen LogP contribution in [0, 0.1) is 5.92 Å². The number of carbonyl (C=O) groups excluding carboxylic acids is 2. The number of hydrogen-bond acceptors (Lipinski definition) is 8. The molecule has 2 aromatic carbocycles. The lowest BCUT2D eigenvalue weighted by molar-refractivity contribution is -0.149. The highest BCUT2D eigenvalue weighted by atomic mass is 35.5. The number of anilines is 1. The highest BCUT2D eigenvalue weighted by molar-refractivity contribution is 7.98. The summed E-state index contributed by atoms with van der Waals surface area (Å²) in [5, 5.41) is 1.07. The minimum absolute atomic E-state index is 0.0525. The molecule has 0 aliphatic carbocycles. The second kappa shape index (κ2) is 15.4. The number of thioether (sulfide) groups is 1. The summed E-state index contributed by atoms with van der Waals surface area (Å²) in [4.78, 5) is 41.0. The third-order valence-corrected chi connectivity index (χ3v) is 8.84. The number of likely N-dealkylation sites (tertiary alicyclic amines) is 1. The first-order chi connectivity index (χ1) is 21.0. The lowest BCUT2D eigenvalue weighted by atomic mass is 9.97. The number of esters is 1. The van der Waals surface area contributed by atoms with Crippen molar-refractivity contribution in [3.8, 4) is 0 Å². The zero-order valence-electron chi connectivity index (χ0n) is 24.5. The van der Waals surface area contributed by atoms with E-state index < -0.39 is 0 Å². The topological polar surface area (TPSA) is 78.9 Å². The summed E-state index contributed by atoms with van der Waals surface area (Å²) in [7, 11) is 0. The van der Waals surface area contributed by atoms with E-state index in [1.165, 1.54) is 17.3 Å². The van der Waals surface area contributed by atoms with Gasteiger partial charge in [0.25, 0.3) is 5.91 Å². The number of carbonyl (C=O) groups is 2. The molecule has 1 amide bonds. The molecule has 0 saturated carbocycles. The van der Waals surface area contributed by atoms with Gasteiger partial charge in [-0.25, -0.2) is 9.97 Å². The molecule has 1 unspecified atom stereocenters. The number of piperazine rings is 1. The van der Waals surface area contributed by atoms with Crippen molar-refractivity contribution in [3.05, 3.63) is 88.6 Å². The molecular formula is C33H38ClN5O3S. The number of halogens is 1. The van der Waals surface area contributed by atoms with Crippen molar-refractivity contribution in [3.63, 3.8) is 0 Å². The van der Waals surface area contributed by atoms with Crippen molar-refractivity contribution < 1.29 is 14.3 Å². The lowest BCUT2D eigenvalue weighted by Crippen LogP contribution is -2.46. The van der Waals surface area contributed by atoms with Crippen molar-refractivity contribution in [2.45, 2.75) is 30.7 Å². The predicted molar refractivity (Wildman–Crippen MR) is 172 cm³/mol. The standard InChI is InChI=1S/C33H38ClN5O3S/c1-2-42-32(41)28-11-7-17-39(23-28)31(40)27-14-12-26(13-15-27)24-43-33-35-29(34)22-30(36-33)38-20-18-37(19-21-38)16-6-10-25-8-4-3-5-9-25/h3-6,8-10,12-15,22,28H,2,7,11,16-21,23-24H2,1H3/b10-6+. The van der Waals surface area contributed by atoms with Crippen molar-refractivity contribution >= 4 is 47.1 Å². The second-order valence-electron chi connectivity index (χ2n) is 10.8. The molecule has 8 nitrogen and oxygen atoms in total. The smallest absolute Gasteiger partial charge is 0.310 e. The van der Waals surface area contributed by atoms with Crippen LogP contribution in [0.15, 0.2) is 71.9 Å². The van der Waals surface area contributed by atoms with Gasteiger partial charge in [-0.3, -0.25) is 14.5 Å². The van der Waals surface area contributed by atoms with E-state index in [2.05, 4.69) is 51.2 Å². The molecule has 2 aliphatic heterocycles. The molecular weight excluding hydrogens is 582 g/mol. The molecule has 2 fully saturated rings. The predicted octanol–water partition coefficient (Wildman–Crippen LogP) is 5.67. The minimum Gasteiger partial charge on any atom is -0.466 e. The quantitative estimate of drug-likeness (QED) is 0.124. The van der Waals surface area contributed by atoms with Crippen molar-refractivity contribution in [2.75, 3.05) is 57.3 Å². The zero-order chi connectivity index (χ0) is 30.0. The number of nitrogens with zero attached hydrogens (tertiary/aromatic N) is 5. The number of amides is 1. The van der Waals surface area contributed by atoms with Gasteiger partial charge in [-0.1, -0.05) is 78.0 Å². The molecule has 226 valence electrons. The van der Waals surface area contributed by atoms with E-state index >= 15 is 0 Å². The van der Waals surface area contributed by atoms with Crippen LogP contribution in [0.2, 0.25) is 5.15 Å². The zero-order valence-corrected chi connectivity index (χ0v) is 26.1. The summed E-state index contributed by atoms with van der Waals surface area (Å²) in [6.45, 7) is 7.80.